The van der Waals surface area contributed by atoms with Crippen LogP contribution < -0.4 is 5.32 Å². The molecule has 0 rings (SSSR count). The molecule has 0 aliphatic carbocycles. The minimum atomic E-state index is 0.302. The van der Waals surface area contributed by atoms with Crippen molar-refractivity contribution in [2.45, 2.75) is 33.1 Å². The maximum absolute atomic E-state index is 8.48. The number of rotatable bonds is 7. The van der Waals surface area contributed by atoms with Gasteiger partial charge in [-0.25, -0.2) is 0 Å². The van der Waals surface area contributed by atoms with E-state index in [9.17, 15) is 0 Å². The van der Waals surface area contributed by atoms with Gasteiger partial charge in [0, 0.05) is 6.61 Å². The van der Waals surface area contributed by atoms with Crippen molar-refractivity contribution in [3.05, 3.63) is 0 Å². The second kappa shape index (κ2) is 8.02. The predicted octanol–water partition coefficient (Wildman–Crippen LogP) is 1.39. The summed E-state index contributed by atoms with van der Waals surface area (Å²) in [7, 11) is 0. The summed E-state index contributed by atoms with van der Waals surface area (Å²) in [6.07, 6.45) is 3.39. The lowest BCUT2D eigenvalue weighted by Crippen LogP contribution is -2.19. The third kappa shape index (κ3) is 7.82. The van der Waals surface area contributed by atoms with E-state index in [1.807, 2.05) is 0 Å². The van der Waals surface area contributed by atoms with Gasteiger partial charge in [0.05, 0.1) is 0 Å². The van der Waals surface area contributed by atoms with E-state index in [0.29, 0.717) is 6.61 Å². The summed E-state index contributed by atoms with van der Waals surface area (Å²) in [6.45, 7) is 6.84. The molecular formula is C9H21NO. The molecule has 0 spiro atoms. The zero-order valence-electron chi connectivity index (χ0n) is 7.77. The monoisotopic (exact) mass is 159 g/mol. The van der Waals surface area contributed by atoms with E-state index in [0.717, 1.165) is 25.4 Å². The van der Waals surface area contributed by atoms with Crippen LogP contribution in [0.15, 0.2) is 0 Å². The highest BCUT2D eigenvalue weighted by molar-refractivity contribution is 4.53. The van der Waals surface area contributed by atoms with Gasteiger partial charge >= 0.3 is 0 Å². The molecule has 1 atom stereocenters. The summed E-state index contributed by atoms with van der Waals surface area (Å²) >= 11 is 0. The summed E-state index contributed by atoms with van der Waals surface area (Å²) in [5, 5.41) is 11.8. The van der Waals surface area contributed by atoms with Crippen molar-refractivity contribution in [2.24, 2.45) is 5.92 Å². The van der Waals surface area contributed by atoms with Gasteiger partial charge in [-0.15, -0.1) is 0 Å². The molecule has 0 aliphatic rings. The summed E-state index contributed by atoms with van der Waals surface area (Å²) < 4.78 is 0. The van der Waals surface area contributed by atoms with Crippen molar-refractivity contribution in [2.75, 3.05) is 19.7 Å². The van der Waals surface area contributed by atoms with Gasteiger partial charge < -0.3 is 10.4 Å². The third-order valence-corrected chi connectivity index (χ3v) is 2.02. The minimum Gasteiger partial charge on any atom is -0.396 e. The van der Waals surface area contributed by atoms with Gasteiger partial charge in [-0.05, 0) is 31.8 Å². The molecule has 0 amide bonds. The lowest BCUT2D eigenvalue weighted by molar-refractivity contribution is 0.285. The molecule has 0 saturated heterocycles. The largest absolute Gasteiger partial charge is 0.396 e. The Morgan fingerprint density at radius 1 is 1.36 bits per heavy atom. The topological polar surface area (TPSA) is 32.3 Å². The van der Waals surface area contributed by atoms with Gasteiger partial charge in [-0.2, -0.15) is 0 Å². The maximum Gasteiger partial charge on any atom is 0.0443 e. The molecule has 0 radical (unpaired) electrons. The molecule has 68 valence electrons. The van der Waals surface area contributed by atoms with Crippen molar-refractivity contribution in [3.8, 4) is 0 Å². The second-order valence-electron chi connectivity index (χ2n) is 3.13. The Morgan fingerprint density at radius 2 is 2.09 bits per heavy atom. The van der Waals surface area contributed by atoms with Crippen LogP contribution in [-0.2, 0) is 0 Å². The Hall–Kier alpha value is -0.0800. The number of aliphatic hydroxyl groups is 1. The molecule has 0 saturated carbocycles. The molecule has 11 heavy (non-hydrogen) atoms. The highest BCUT2D eigenvalue weighted by Gasteiger charge is 1.96. The normalized spacial score (nSPS) is 13.4. The fraction of sp³-hybridized carbons (Fsp3) is 1.00. The number of aliphatic hydroxyl groups excluding tert-OH is 1. The Bertz CT molecular complexity index is 76.0. The SMILES string of the molecule is CCC(C)CCNCCCO. The van der Waals surface area contributed by atoms with Crippen LogP contribution in [0.1, 0.15) is 33.1 Å². The molecule has 0 aromatic rings. The van der Waals surface area contributed by atoms with Gasteiger partial charge in [0.25, 0.3) is 0 Å². The van der Waals surface area contributed by atoms with E-state index in [-0.39, 0.29) is 0 Å². The molecule has 0 aromatic carbocycles. The van der Waals surface area contributed by atoms with Crippen LogP contribution in [0.3, 0.4) is 0 Å². The fourth-order valence-corrected chi connectivity index (χ4v) is 0.882. The standard InChI is InChI=1S/C9H21NO/c1-3-9(2)5-7-10-6-4-8-11/h9-11H,3-8H2,1-2H3. The van der Waals surface area contributed by atoms with E-state index >= 15 is 0 Å². The molecule has 0 aliphatic heterocycles. The van der Waals surface area contributed by atoms with Crippen LogP contribution in [0.25, 0.3) is 0 Å². The Balaban J connectivity index is 2.89. The first-order valence-corrected chi connectivity index (χ1v) is 4.62. The Morgan fingerprint density at radius 3 is 2.64 bits per heavy atom. The van der Waals surface area contributed by atoms with Gasteiger partial charge in [0.15, 0.2) is 0 Å². The first-order chi connectivity index (χ1) is 5.31. The van der Waals surface area contributed by atoms with Crippen LogP contribution in [0, 0.1) is 5.92 Å². The van der Waals surface area contributed by atoms with Crippen LogP contribution in [0.2, 0.25) is 0 Å². The third-order valence-electron chi connectivity index (χ3n) is 2.02. The average molecular weight is 159 g/mol. The van der Waals surface area contributed by atoms with E-state index < -0.39 is 0 Å². The van der Waals surface area contributed by atoms with Crippen molar-refractivity contribution in [3.63, 3.8) is 0 Å². The highest BCUT2D eigenvalue weighted by atomic mass is 16.3. The first-order valence-electron chi connectivity index (χ1n) is 4.62. The lowest BCUT2D eigenvalue weighted by atomic mass is 10.1. The molecule has 1 unspecified atom stereocenters. The second-order valence-corrected chi connectivity index (χ2v) is 3.13. The molecule has 0 fully saturated rings. The number of hydrogen-bond donors (Lipinski definition) is 2. The number of hydrogen-bond acceptors (Lipinski definition) is 2. The van der Waals surface area contributed by atoms with Crippen molar-refractivity contribution in [1.82, 2.24) is 5.32 Å². The van der Waals surface area contributed by atoms with Crippen molar-refractivity contribution >= 4 is 0 Å². The van der Waals surface area contributed by atoms with E-state index in [1.165, 1.54) is 12.8 Å². The zero-order chi connectivity index (χ0) is 8.53. The number of nitrogens with one attached hydrogen (secondary N) is 1. The average Bonchev–Trinajstić information content (AvgIpc) is 2.04. The molecule has 0 aromatic heterocycles. The fourth-order valence-electron chi connectivity index (χ4n) is 0.882. The van der Waals surface area contributed by atoms with Gasteiger partial charge in [0.1, 0.15) is 0 Å². The molecule has 2 heteroatoms. The van der Waals surface area contributed by atoms with Crippen molar-refractivity contribution < 1.29 is 5.11 Å². The quantitative estimate of drug-likeness (QED) is 0.550. The van der Waals surface area contributed by atoms with Crippen LogP contribution in [0.4, 0.5) is 0 Å². The van der Waals surface area contributed by atoms with Gasteiger partial charge in [-0.1, -0.05) is 20.3 Å². The Kier molecular flexibility index (Phi) is 7.96. The van der Waals surface area contributed by atoms with Crippen LogP contribution in [0.5, 0.6) is 0 Å². The Labute approximate surface area is 70.0 Å². The highest BCUT2D eigenvalue weighted by Crippen LogP contribution is 2.03. The van der Waals surface area contributed by atoms with Gasteiger partial charge in [-0.3, -0.25) is 0 Å². The van der Waals surface area contributed by atoms with Crippen LogP contribution >= 0.6 is 0 Å². The summed E-state index contributed by atoms with van der Waals surface area (Å²) in [6, 6.07) is 0. The molecule has 0 heterocycles. The van der Waals surface area contributed by atoms with Crippen molar-refractivity contribution in [1.29, 1.82) is 0 Å². The molecular weight excluding hydrogens is 138 g/mol. The van der Waals surface area contributed by atoms with Crippen LogP contribution in [-0.4, -0.2) is 24.8 Å². The maximum atomic E-state index is 8.48. The predicted molar refractivity (Wildman–Crippen MR) is 48.6 cm³/mol. The van der Waals surface area contributed by atoms with E-state index in [2.05, 4.69) is 19.2 Å². The summed E-state index contributed by atoms with van der Waals surface area (Å²) in [5.41, 5.74) is 0. The first kappa shape index (κ1) is 10.9. The van der Waals surface area contributed by atoms with E-state index in [4.69, 9.17) is 5.11 Å². The molecule has 2 nitrogen and oxygen atoms in total. The summed E-state index contributed by atoms with van der Waals surface area (Å²) in [4.78, 5) is 0. The minimum absolute atomic E-state index is 0.302. The smallest absolute Gasteiger partial charge is 0.0443 e. The zero-order valence-corrected chi connectivity index (χ0v) is 7.77. The van der Waals surface area contributed by atoms with E-state index in [1.54, 1.807) is 0 Å². The summed E-state index contributed by atoms with van der Waals surface area (Å²) in [5.74, 6) is 0.830. The lowest BCUT2D eigenvalue weighted by Gasteiger charge is -2.08. The van der Waals surface area contributed by atoms with Gasteiger partial charge in [0.2, 0.25) is 0 Å². The molecule has 2 N–H and O–H groups in total. The molecule has 0 bridgehead atoms.